The third kappa shape index (κ3) is 3.93. The van der Waals surface area contributed by atoms with Crippen molar-refractivity contribution in [1.82, 2.24) is 30.2 Å². The molecule has 164 valence electrons. The lowest BCUT2D eigenvalue weighted by Crippen LogP contribution is -2.49. The molecular formula is C22H28N6O3. The van der Waals surface area contributed by atoms with Crippen LogP contribution >= 0.6 is 0 Å². The van der Waals surface area contributed by atoms with Gasteiger partial charge in [0.15, 0.2) is 0 Å². The second-order valence-corrected chi connectivity index (χ2v) is 9.14. The number of likely N-dealkylation sites (tertiary alicyclic amines) is 1. The molecule has 3 atom stereocenters. The number of aliphatic hydroxyl groups is 1. The van der Waals surface area contributed by atoms with Crippen LogP contribution in [-0.4, -0.2) is 67.5 Å². The van der Waals surface area contributed by atoms with Crippen LogP contribution in [-0.2, 0) is 9.59 Å². The van der Waals surface area contributed by atoms with Crippen molar-refractivity contribution in [2.45, 2.75) is 45.4 Å². The van der Waals surface area contributed by atoms with Crippen molar-refractivity contribution in [3.8, 4) is 11.3 Å². The number of H-pyrrole nitrogens is 1. The van der Waals surface area contributed by atoms with Gasteiger partial charge in [0, 0.05) is 42.7 Å². The first kappa shape index (κ1) is 21.0. The number of amides is 2. The van der Waals surface area contributed by atoms with Crippen molar-refractivity contribution in [1.29, 1.82) is 0 Å². The maximum Gasteiger partial charge on any atom is 0.248 e. The summed E-state index contributed by atoms with van der Waals surface area (Å²) in [6.07, 6.45) is 3.14. The molecule has 1 aliphatic heterocycles. The molecule has 2 amide bonds. The number of carbonyl (C=O) groups excluding carboxylic acids is 2. The van der Waals surface area contributed by atoms with E-state index in [-0.39, 0.29) is 24.8 Å². The third-order valence-electron chi connectivity index (χ3n) is 5.79. The third-order valence-corrected chi connectivity index (χ3v) is 5.79. The van der Waals surface area contributed by atoms with Gasteiger partial charge in [-0.15, -0.1) is 5.10 Å². The van der Waals surface area contributed by atoms with Gasteiger partial charge in [-0.2, -0.15) is 0 Å². The van der Waals surface area contributed by atoms with E-state index in [0.717, 1.165) is 16.5 Å². The molecule has 9 heteroatoms. The van der Waals surface area contributed by atoms with Crippen molar-refractivity contribution < 1.29 is 14.7 Å². The Balaban J connectivity index is 1.67. The van der Waals surface area contributed by atoms with Gasteiger partial charge in [-0.3, -0.25) is 9.59 Å². The number of nitrogens with one attached hydrogen (secondary N) is 2. The lowest BCUT2D eigenvalue weighted by atomic mass is 9.85. The zero-order chi connectivity index (χ0) is 22.3. The van der Waals surface area contributed by atoms with Crippen molar-refractivity contribution in [2.75, 3.05) is 13.6 Å². The SMILES string of the molecule is CNC(=O)[C@H]1CC(O)CN1C(=O)C(n1cc(-c2ccc3[nH]ccc3c2)nn1)C(C)(C)C. The summed E-state index contributed by atoms with van der Waals surface area (Å²) in [5.41, 5.74) is 2.10. The molecule has 3 heterocycles. The van der Waals surface area contributed by atoms with Gasteiger partial charge in [-0.1, -0.05) is 32.1 Å². The summed E-state index contributed by atoms with van der Waals surface area (Å²) in [5.74, 6) is -0.535. The van der Waals surface area contributed by atoms with Gasteiger partial charge in [-0.05, 0) is 23.6 Å². The molecule has 0 radical (unpaired) electrons. The number of β-amino-alcohol motifs (C(OH)–C–C–N with tert-alkyl or cyclic N) is 1. The first-order chi connectivity index (χ1) is 14.7. The first-order valence-corrected chi connectivity index (χ1v) is 10.4. The summed E-state index contributed by atoms with van der Waals surface area (Å²) < 4.78 is 1.57. The molecule has 1 fully saturated rings. The highest BCUT2D eigenvalue weighted by molar-refractivity contribution is 5.90. The minimum atomic E-state index is -0.730. The van der Waals surface area contributed by atoms with Crippen molar-refractivity contribution >= 4 is 22.7 Å². The second kappa shape index (κ2) is 7.81. The molecule has 9 nitrogen and oxygen atoms in total. The van der Waals surface area contributed by atoms with E-state index < -0.39 is 23.6 Å². The lowest BCUT2D eigenvalue weighted by molar-refractivity contribution is -0.144. The lowest BCUT2D eigenvalue weighted by Gasteiger charge is -2.34. The van der Waals surface area contributed by atoms with Gasteiger partial charge in [0.1, 0.15) is 17.8 Å². The normalized spacial score (nSPS) is 20.2. The molecule has 0 bridgehead atoms. The van der Waals surface area contributed by atoms with E-state index in [9.17, 15) is 14.7 Å². The molecule has 0 saturated carbocycles. The van der Waals surface area contributed by atoms with Crippen LogP contribution < -0.4 is 5.32 Å². The van der Waals surface area contributed by atoms with Crippen molar-refractivity contribution in [3.63, 3.8) is 0 Å². The summed E-state index contributed by atoms with van der Waals surface area (Å²) in [6.45, 7) is 5.97. The minimum Gasteiger partial charge on any atom is -0.391 e. The number of carbonyl (C=O) groups is 2. The van der Waals surface area contributed by atoms with Crippen molar-refractivity contribution in [3.05, 3.63) is 36.7 Å². The average molecular weight is 425 g/mol. The Morgan fingerprint density at radius 1 is 1.29 bits per heavy atom. The van der Waals surface area contributed by atoms with E-state index in [4.69, 9.17) is 0 Å². The molecule has 3 N–H and O–H groups in total. The smallest absolute Gasteiger partial charge is 0.248 e. The van der Waals surface area contributed by atoms with Crippen LogP contribution in [0.2, 0.25) is 0 Å². The van der Waals surface area contributed by atoms with Gasteiger partial charge in [0.05, 0.1) is 12.3 Å². The van der Waals surface area contributed by atoms with Crippen molar-refractivity contribution in [2.24, 2.45) is 5.41 Å². The maximum absolute atomic E-state index is 13.6. The van der Waals surface area contributed by atoms with E-state index in [1.54, 1.807) is 10.9 Å². The number of benzene rings is 1. The number of likely N-dealkylation sites (N-methyl/N-ethyl adjacent to an activating group) is 1. The van der Waals surface area contributed by atoms with Crippen LogP contribution in [0.25, 0.3) is 22.2 Å². The first-order valence-electron chi connectivity index (χ1n) is 10.4. The molecule has 2 aromatic heterocycles. The number of fused-ring (bicyclic) bond motifs is 1. The number of rotatable bonds is 4. The zero-order valence-corrected chi connectivity index (χ0v) is 18.2. The summed E-state index contributed by atoms with van der Waals surface area (Å²) in [6, 6.07) is 6.57. The summed E-state index contributed by atoms with van der Waals surface area (Å²) in [5, 5.41) is 22.4. The Morgan fingerprint density at radius 3 is 2.77 bits per heavy atom. The summed E-state index contributed by atoms with van der Waals surface area (Å²) >= 11 is 0. The largest absolute Gasteiger partial charge is 0.391 e. The standard InChI is InChI=1S/C22H28N6O3/c1-22(2,3)19(21(31)27-11-15(29)10-18(27)20(30)23-4)28-12-17(25-26-28)13-5-6-16-14(9-13)7-8-24-16/h5-9,12,15,18-19,24,29H,10-11H2,1-4H3,(H,23,30)/t15?,18-,19?/m1/s1. The van der Waals surface area contributed by atoms with E-state index >= 15 is 0 Å². The predicted octanol–water partition coefficient (Wildman–Crippen LogP) is 1.72. The Kier molecular flexibility index (Phi) is 5.30. The molecule has 0 aliphatic carbocycles. The van der Waals surface area contributed by atoms with Gasteiger partial charge in [0.2, 0.25) is 11.8 Å². The van der Waals surface area contributed by atoms with Gasteiger partial charge in [0.25, 0.3) is 0 Å². The average Bonchev–Trinajstić information content (AvgIpc) is 3.44. The Bertz CT molecular complexity index is 1110. The fourth-order valence-corrected chi connectivity index (χ4v) is 4.26. The van der Waals surface area contributed by atoms with E-state index in [2.05, 4.69) is 20.6 Å². The number of aromatic amines is 1. The van der Waals surface area contributed by atoms with Crippen LogP contribution in [0.4, 0.5) is 0 Å². The topological polar surface area (TPSA) is 116 Å². The van der Waals surface area contributed by atoms with Crippen LogP contribution in [0.3, 0.4) is 0 Å². The predicted molar refractivity (Wildman–Crippen MR) is 116 cm³/mol. The van der Waals surface area contributed by atoms with Gasteiger partial charge < -0.3 is 20.3 Å². The molecule has 4 rings (SSSR count). The molecular weight excluding hydrogens is 396 g/mol. The van der Waals surface area contributed by atoms with Gasteiger partial charge >= 0.3 is 0 Å². The van der Waals surface area contributed by atoms with Crippen LogP contribution in [0, 0.1) is 5.41 Å². The Morgan fingerprint density at radius 2 is 2.06 bits per heavy atom. The van der Waals surface area contributed by atoms with Gasteiger partial charge in [-0.25, -0.2) is 4.68 Å². The fourth-order valence-electron chi connectivity index (χ4n) is 4.26. The minimum absolute atomic E-state index is 0.120. The molecule has 1 aliphatic rings. The molecule has 2 unspecified atom stereocenters. The van der Waals surface area contributed by atoms with Crippen LogP contribution in [0.1, 0.15) is 33.2 Å². The molecule has 1 aromatic carbocycles. The second-order valence-electron chi connectivity index (χ2n) is 9.14. The maximum atomic E-state index is 13.6. The van der Waals surface area contributed by atoms with E-state index in [0.29, 0.717) is 5.69 Å². The zero-order valence-electron chi connectivity index (χ0n) is 18.2. The molecule has 31 heavy (non-hydrogen) atoms. The Hall–Kier alpha value is -3.20. The highest BCUT2D eigenvalue weighted by atomic mass is 16.3. The summed E-state index contributed by atoms with van der Waals surface area (Å²) in [7, 11) is 1.53. The number of aromatic nitrogens is 4. The molecule has 1 saturated heterocycles. The Labute approximate surface area is 180 Å². The van der Waals surface area contributed by atoms with Crippen LogP contribution in [0.5, 0.6) is 0 Å². The highest BCUT2D eigenvalue weighted by Crippen LogP contribution is 2.35. The highest BCUT2D eigenvalue weighted by Gasteiger charge is 2.45. The quantitative estimate of drug-likeness (QED) is 0.590. The number of hydrogen-bond donors (Lipinski definition) is 3. The summed E-state index contributed by atoms with van der Waals surface area (Å²) in [4.78, 5) is 30.5. The molecule has 3 aromatic rings. The number of aliphatic hydroxyl groups excluding tert-OH is 1. The van der Waals surface area contributed by atoms with E-state index in [1.807, 2.05) is 51.2 Å². The number of nitrogens with zero attached hydrogens (tertiary/aromatic N) is 4. The monoisotopic (exact) mass is 424 g/mol. The molecule has 0 spiro atoms. The fraction of sp³-hybridized carbons (Fsp3) is 0.455. The van der Waals surface area contributed by atoms with Crippen LogP contribution in [0.15, 0.2) is 36.7 Å². The van der Waals surface area contributed by atoms with E-state index in [1.165, 1.54) is 11.9 Å². The number of hydrogen-bond acceptors (Lipinski definition) is 5.